The van der Waals surface area contributed by atoms with Crippen LogP contribution >= 0.6 is 0 Å². The Morgan fingerprint density at radius 2 is 0.598 bits per heavy atom. The molecule has 0 N–H and O–H groups in total. The van der Waals surface area contributed by atoms with Gasteiger partial charge in [-0.2, -0.15) is 0 Å². The molecule has 0 heterocycles. The van der Waals surface area contributed by atoms with Crippen molar-refractivity contribution in [2.45, 2.75) is 12.3 Å². The van der Waals surface area contributed by atoms with Crippen molar-refractivity contribution in [3.8, 4) is 66.8 Å². The van der Waals surface area contributed by atoms with Crippen molar-refractivity contribution in [1.29, 1.82) is 0 Å². The van der Waals surface area contributed by atoms with Gasteiger partial charge in [0.15, 0.2) is 0 Å². The van der Waals surface area contributed by atoms with Gasteiger partial charge in [0.25, 0.3) is 0 Å². The normalized spacial score (nSPS) is 12.1. The first kappa shape index (κ1) is 49.7. The summed E-state index contributed by atoms with van der Waals surface area (Å²) in [4.78, 5) is 4.79. The predicted molar refractivity (Wildman–Crippen MR) is 345 cm³/mol. The lowest BCUT2D eigenvalue weighted by Gasteiger charge is -2.35. The third kappa shape index (κ3) is 8.88. The number of fused-ring (bicyclic) bond motifs is 3. The van der Waals surface area contributed by atoms with Gasteiger partial charge in [-0.1, -0.05) is 255 Å². The molecule has 0 saturated carbocycles. The molecule has 13 aromatic carbocycles. The minimum atomic E-state index is -0.531. The summed E-state index contributed by atoms with van der Waals surface area (Å²) in [6, 6.07) is 122. The van der Waals surface area contributed by atoms with Crippen LogP contribution in [0.15, 0.2) is 334 Å². The fraction of sp³-hybridized carbons (Fsp3) is 0.0250. The number of anilines is 6. The number of rotatable bonds is 13. The zero-order chi connectivity index (χ0) is 54.8. The maximum Gasteiger partial charge on any atom is 0.0714 e. The number of hydrogen-bond acceptors (Lipinski definition) is 2. The molecule has 0 spiro atoms. The van der Waals surface area contributed by atoms with Crippen molar-refractivity contribution < 1.29 is 0 Å². The number of nitrogens with zero attached hydrogens (tertiary/aromatic N) is 2. The monoisotopic (exact) mass is 1050 g/mol. The molecule has 0 amide bonds. The van der Waals surface area contributed by atoms with Gasteiger partial charge >= 0.3 is 0 Å². The summed E-state index contributed by atoms with van der Waals surface area (Å²) < 4.78 is 0. The molecule has 0 radical (unpaired) electrons. The fourth-order valence-corrected chi connectivity index (χ4v) is 12.8. The van der Waals surface area contributed by atoms with Gasteiger partial charge in [0, 0.05) is 34.0 Å². The summed E-state index contributed by atoms with van der Waals surface area (Å²) in [6.45, 7) is 2.26. The molecule has 2 heteroatoms. The highest BCUT2D eigenvalue weighted by Crippen LogP contribution is 2.58. The maximum atomic E-state index is 2.46. The Bertz CT molecular complexity index is 4300. The minimum absolute atomic E-state index is 0.531. The predicted octanol–water partition coefficient (Wildman–Crippen LogP) is 21.6. The van der Waals surface area contributed by atoms with Crippen molar-refractivity contribution in [1.82, 2.24) is 0 Å². The molecular weight excluding hydrogens is 989 g/mol. The van der Waals surface area contributed by atoms with Crippen LogP contribution in [0, 0.1) is 6.92 Å². The average molecular weight is 1050 g/mol. The highest BCUT2D eigenvalue weighted by atomic mass is 15.1. The lowest BCUT2D eigenvalue weighted by Crippen LogP contribution is -2.28. The first-order chi connectivity index (χ1) is 40.6. The second-order valence-electron chi connectivity index (χ2n) is 21.2. The van der Waals surface area contributed by atoms with E-state index in [0.717, 1.165) is 61.9 Å². The Hall–Kier alpha value is -10.5. The van der Waals surface area contributed by atoms with E-state index in [1.165, 1.54) is 66.8 Å². The second kappa shape index (κ2) is 21.6. The van der Waals surface area contributed by atoms with Crippen molar-refractivity contribution in [2.75, 3.05) is 9.80 Å². The zero-order valence-corrected chi connectivity index (χ0v) is 45.6. The van der Waals surface area contributed by atoms with Gasteiger partial charge in [0.05, 0.1) is 11.1 Å². The smallest absolute Gasteiger partial charge is 0.0714 e. The summed E-state index contributed by atoms with van der Waals surface area (Å²) in [5.74, 6) is 0. The molecular formula is C80H58N2. The lowest BCUT2D eigenvalue weighted by molar-refractivity contribution is 0.768. The second-order valence-corrected chi connectivity index (χ2v) is 21.2. The molecule has 0 atom stereocenters. The molecule has 1 aliphatic carbocycles. The van der Waals surface area contributed by atoms with E-state index in [1.807, 2.05) is 0 Å². The van der Waals surface area contributed by atoms with Gasteiger partial charge in [0.2, 0.25) is 0 Å². The largest absolute Gasteiger partial charge is 0.310 e. The summed E-state index contributed by atoms with van der Waals surface area (Å²) in [6.07, 6.45) is 0. The molecule has 0 unspecified atom stereocenters. The summed E-state index contributed by atoms with van der Waals surface area (Å²) >= 11 is 0. The Kier molecular flexibility index (Phi) is 13.1. The van der Waals surface area contributed by atoms with E-state index in [9.17, 15) is 0 Å². The standard InChI is InChI=1S/C80H58N2/c1-57-26-25-42-76-79(57)71-53-52-69(54-77(71)80(76,63-33-15-5-16-34-63)64-35-17-6-18-36-64)81(65-37-19-7-20-38-65)67-48-44-61(45-49-67)74-55-73(60-31-13-4-14-32-60)75(56-72(74)59-29-11-3-12-30-59)62-46-50-68(51-47-62)82(66-39-21-8-22-40-66)78-43-24-23-41-70(78)58-27-9-2-10-28-58/h2-56H,1H3. The summed E-state index contributed by atoms with van der Waals surface area (Å²) in [5.41, 5.74) is 26.6. The van der Waals surface area contributed by atoms with Crippen LogP contribution in [-0.4, -0.2) is 0 Å². The Morgan fingerprint density at radius 1 is 0.232 bits per heavy atom. The number of para-hydroxylation sites is 3. The van der Waals surface area contributed by atoms with Crippen LogP contribution < -0.4 is 9.80 Å². The van der Waals surface area contributed by atoms with Gasteiger partial charge in [-0.15, -0.1) is 0 Å². The van der Waals surface area contributed by atoms with Crippen molar-refractivity contribution in [3.63, 3.8) is 0 Å². The SMILES string of the molecule is Cc1cccc2c1-c1ccc(N(c3ccccc3)c3ccc(-c4cc(-c5ccccc5)c(-c5ccc(N(c6ccccc6)c6ccccc6-c6ccccc6)cc5)cc4-c4ccccc4)cc3)cc1C2(c1ccccc1)c1ccccc1. The van der Waals surface area contributed by atoms with Crippen molar-refractivity contribution in [3.05, 3.63) is 361 Å². The molecule has 14 rings (SSSR count). The molecule has 388 valence electrons. The molecule has 2 nitrogen and oxygen atoms in total. The minimum Gasteiger partial charge on any atom is -0.310 e. The van der Waals surface area contributed by atoms with E-state index < -0.39 is 5.41 Å². The first-order valence-electron chi connectivity index (χ1n) is 28.3. The van der Waals surface area contributed by atoms with Crippen LogP contribution in [0.5, 0.6) is 0 Å². The van der Waals surface area contributed by atoms with Crippen LogP contribution in [-0.2, 0) is 5.41 Å². The van der Waals surface area contributed by atoms with Gasteiger partial charge in [0.1, 0.15) is 0 Å². The van der Waals surface area contributed by atoms with Gasteiger partial charge < -0.3 is 9.80 Å². The van der Waals surface area contributed by atoms with E-state index >= 15 is 0 Å². The Morgan fingerprint density at radius 3 is 1.09 bits per heavy atom. The van der Waals surface area contributed by atoms with Gasteiger partial charge in [-0.05, 0) is 175 Å². The van der Waals surface area contributed by atoms with Crippen LogP contribution in [0.3, 0.4) is 0 Å². The highest BCUT2D eigenvalue weighted by Gasteiger charge is 2.47. The van der Waals surface area contributed by atoms with E-state index in [4.69, 9.17) is 0 Å². The molecule has 0 bridgehead atoms. The van der Waals surface area contributed by atoms with Gasteiger partial charge in [-0.25, -0.2) is 0 Å². The third-order valence-corrected chi connectivity index (χ3v) is 16.5. The maximum absolute atomic E-state index is 2.46. The topological polar surface area (TPSA) is 6.48 Å². The molecule has 1 aliphatic rings. The van der Waals surface area contributed by atoms with E-state index in [1.54, 1.807) is 0 Å². The van der Waals surface area contributed by atoms with Crippen LogP contribution in [0.1, 0.15) is 27.8 Å². The van der Waals surface area contributed by atoms with E-state index in [2.05, 4.69) is 350 Å². The molecule has 0 aliphatic heterocycles. The highest BCUT2D eigenvalue weighted by molar-refractivity contribution is 5.97. The molecule has 0 saturated heterocycles. The zero-order valence-electron chi connectivity index (χ0n) is 45.6. The Balaban J connectivity index is 0.899. The summed E-state index contributed by atoms with van der Waals surface area (Å²) in [7, 11) is 0. The number of hydrogen-bond donors (Lipinski definition) is 0. The Labute approximate surface area is 481 Å². The van der Waals surface area contributed by atoms with Crippen molar-refractivity contribution in [2.24, 2.45) is 0 Å². The van der Waals surface area contributed by atoms with Crippen LogP contribution in [0.25, 0.3) is 66.8 Å². The first-order valence-corrected chi connectivity index (χ1v) is 28.3. The van der Waals surface area contributed by atoms with Crippen LogP contribution in [0.2, 0.25) is 0 Å². The fourth-order valence-electron chi connectivity index (χ4n) is 12.8. The quantitative estimate of drug-likeness (QED) is 0.114. The van der Waals surface area contributed by atoms with Crippen LogP contribution in [0.4, 0.5) is 34.1 Å². The van der Waals surface area contributed by atoms with Crippen molar-refractivity contribution >= 4 is 34.1 Å². The average Bonchev–Trinajstić information content (AvgIpc) is 3.69. The lowest BCUT2D eigenvalue weighted by atomic mass is 9.67. The third-order valence-electron chi connectivity index (χ3n) is 16.5. The molecule has 13 aromatic rings. The molecule has 0 aromatic heterocycles. The molecule has 0 fully saturated rings. The number of benzene rings is 13. The number of aryl methyl sites for hydroxylation is 1. The molecule has 82 heavy (non-hydrogen) atoms. The summed E-state index contributed by atoms with van der Waals surface area (Å²) in [5, 5.41) is 0. The van der Waals surface area contributed by atoms with E-state index in [-0.39, 0.29) is 0 Å². The van der Waals surface area contributed by atoms with E-state index in [0.29, 0.717) is 0 Å². The van der Waals surface area contributed by atoms with Gasteiger partial charge in [-0.3, -0.25) is 0 Å².